The fourth-order valence-corrected chi connectivity index (χ4v) is 4.74. The van der Waals surface area contributed by atoms with E-state index in [1.807, 2.05) is 95.6 Å². The summed E-state index contributed by atoms with van der Waals surface area (Å²) in [5.41, 5.74) is 4.38. The zero-order chi connectivity index (χ0) is 25.1. The third-order valence-corrected chi connectivity index (χ3v) is 6.22. The summed E-state index contributed by atoms with van der Waals surface area (Å²) in [5.74, 6) is -0.480. The van der Waals surface area contributed by atoms with Crippen LogP contribution in [-0.4, -0.2) is 22.1 Å². The average molecular weight is 477 g/mol. The number of rotatable bonds is 7. The number of hydrogen-bond donors (Lipinski definition) is 0. The Hall–Kier alpha value is -4.71. The molecule has 5 aromatic rings. The molecule has 0 saturated heterocycles. The van der Waals surface area contributed by atoms with Crippen molar-refractivity contribution in [2.75, 3.05) is 6.61 Å². The van der Waals surface area contributed by atoms with Crippen molar-refractivity contribution in [2.24, 2.45) is 0 Å². The Kier molecular flexibility index (Phi) is 6.33. The Bertz CT molecular complexity index is 1490. The lowest BCUT2D eigenvalue weighted by molar-refractivity contribution is -0.384. The standard InChI is InChI=1S/C30H24N2O4/c1-2-36-30(33)29-27(21-12-6-3-7-13-21)25-20-24(32(34)35)18-19-26(25)31(29)28(22-14-8-4-9-15-22)23-16-10-5-11-17-23/h3-20,28H,2H2,1H3. The van der Waals surface area contributed by atoms with E-state index in [4.69, 9.17) is 4.74 Å². The average Bonchev–Trinajstić information content (AvgIpc) is 3.25. The Morgan fingerprint density at radius 3 is 1.94 bits per heavy atom. The van der Waals surface area contributed by atoms with E-state index in [2.05, 4.69) is 0 Å². The number of nitrogens with zero attached hydrogens (tertiary/aromatic N) is 2. The summed E-state index contributed by atoms with van der Waals surface area (Å²) < 4.78 is 7.53. The topological polar surface area (TPSA) is 74.4 Å². The van der Waals surface area contributed by atoms with Gasteiger partial charge in [-0.05, 0) is 29.7 Å². The second-order valence-electron chi connectivity index (χ2n) is 8.36. The van der Waals surface area contributed by atoms with Gasteiger partial charge in [-0.15, -0.1) is 0 Å². The van der Waals surface area contributed by atoms with Crippen molar-refractivity contribution in [3.05, 3.63) is 136 Å². The summed E-state index contributed by atoms with van der Waals surface area (Å²) in [5, 5.41) is 12.3. The van der Waals surface area contributed by atoms with Crippen molar-refractivity contribution in [3.63, 3.8) is 0 Å². The lowest BCUT2D eigenvalue weighted by Crippen LogP contribution is -2.19. The molecule has 5 rings (SSSR count). The van der Waals surface area contributed by atoms with Gasteiger partial charge >= 0.3 is 5.97 Å². The van der Waals surface area contributed by atoms with E-state index in [-0.39, 0.29) is 18.3 Å². The Balaban J connectivity index is 1.95. The van der Waals surface area contributed by atoms with E-state index in [1.54, 1.807) is 19.1 Å². The minimum atomic E-state index is -0.480. The molecule has 1 aromatic heterocycles. The van der Waals surface area contributed by atoms with Gasteiger partial charge in [0, 0.05) is 23.1 Å². The van der Waals surface area contributed by atoms with Crippen LogP contribution in [0.25, 0.3) is 22.0 Å². The molecule has 0 saturated carbocycles. The lowest BCUT2D eigenvalue weighted by atomic mass is 9.97. The smallest absolute Gasteiger partial charge is 0.355 e. The van der Waals surface area contributed by atoms with Crippen LogP contribution in [0, 0.1) is 10.1 Å². The quantitative estimate of drug-likeness (QED) is 0.144. The van der Waals surface area contributed by atoms with Gasteiger partial charge in [-0.3, -0.25) is 10.1 Å². The molecule has 36 heavy (non-hydrogen) atoms. The van der Waals surface area contributed by atoms with Crippen LogP contribution in [0.15, 0.2) is 109 Å². The zero-order valence-corrected chi connectivity index (χ0v) is 19.7. The molecule has 0 atom stereocenters. The van der Waals surface area contributed by atoms with Crippen LogP contribution < -0.4 is 0 Å². The van der Waals surface area contributed by atoms with E-state index in [9.17, 15) is 14.9 Å². The van der Waals surface area contributed by atoms with Gasteiger partial charge in [0.25, 0.3) is 5.69 Å². The first kappa shape index (κ1) is 23.1. The third kappa shape index (κ3) is 4.14. The van der Waals surface area contributed by atoms with Crippen LogP contribution >= 0.6 is 0 Å². The predicted octanol–water partition coefficient (Wildman–Crippen LogP) is 7.03. The molecule has 178 valence electrons. The molecule has 1 heterocycles. The van der Waals surface area contributed by atoms with Crippen LogP contribution in [0.5, 0.6) is 0 Å². The summed E-state index contributed by atoms with van der Waals surface area (Å²) in [6.07, 6.45) is 0. The van der Waals surface area contributed by atoms with Gasteiger partial charge in [-0.2, -0.15) is 0 Å². The molecule has 0 N–H and O–H groups in total. The normalized spacial score (nSPS) is 11.1. The van der Waals surface area contributed by atoms with E-state index < -0.39 is 10.9 Å². The number of nitro groups is 1. The molecule has 0 amide bonds. The maximum absolute atomic E-state index is 13.6. The van der Waals surface area contributed by atoms with Crippen molar-refractivity contribution >= 4 is 22.6 Å². The van der Waals surface area contributed by atoms with Gasteiger partial charge in [0.2, 0.25) is 0 Å². The summed E-state index contributed by atoms with van der Waals surface area (Å²) in [4.78, 5) is 24.9. The first-order valence-corrected chi connectivity index (χ1v) is 11.7. The number of carbonyl (C=O) groups excluding carboxylic acids is 1. The van der Waals surface area contributed by atoms with E-state index >= 15 is 0 Å². The predicted molar refractivity (Wildman–Crippen MR) is 140 cm³/mol. The second kappa shape index (κ2) is 9.88. The number of ether oxygens (including phenoxy) is 1. The Labute approximate surface area is 208 Å². The molecule has 0 aliphatic carbocycles. The van der Waals surface area contributed by atoms with Gasteiger partial charge in [-0.25, -0.2) is 4.79 Å². The fraction of sp³-hybridized carbons (Fsp3) is 0.100. The maximum atomic E-state index is 13.6. The van der Waals surface area contributed by atoms with Crippen molar-refractivity contribution in [1.82, 2.24) is 4.57 Å². The maximum Gasteiger partial charge on any atom is 0.355 e. The molecule has 0 bridgehead atoms. The molecule has 4 aromatic carbocycles. The van der Waals surface area contributed by atoms with E-state index in [0.29, 0.717) is 22.2 Å². The molecule has 0 radical (unpaired) electrons. The van der Waals surface area contributed by atoms with Gasteiger partial charge in [0.05, 0.1) is 23.1 Å². The first-order chi connectivity index (χ1) is 17.6. The fourth-order valence-electron chi connectivity index (χ4n) is 4.74. The van der Waals surface area contributed by atoms with Gasteiger partial charge in [-0.1, -0.05) is 91.0 Å². The molecule has 0 aliphatic heterocycles. The van der Waals surface area contributed by atoms with Gasteiger partial charge in [0.1, 0.15) is 5.69 Å². The highest BCUT2D eigenvalue weighted by Crippen LogP contribution is 2.42. The van der Waals surface area contributed by atoms with Crippen molar-refractivity contribution in [2.45, 2.75) is 13.0 Å². The summed E-state index contributed by atoms with van der Waals surface area (Å²) in [6.45, 7) is 1.97. The number of hydrogen-bond acceptors (Lipinski definition) is 4. The number of nitro benzene ring substituents is 1. The van der Waals surface area contributed by atoms with Crippen molar-refractivity contribution < 1.29 is 14.5 Å². The molecule has 6 nitrogen and oxygen atoms in total. The van der Waals surface area contributed by atoms with Crippen LogP contribution in [-0.2, 0) is 4.74 Å². The van der Waals surface area contributed by atoms with Crippen LogP contribution in [0.2, 0.25) is 0 Å². The Morgan fingerprint density at radius 1 is 0.861 bits per heavy atom. The molecule has 6 heteroatoms. The molecule has 0 spiro atoms. The molecule has 0 aliphatic rings. The number of esters is 1. The summed E-state index contributed by atoms with van der Waals surface area (Å²) in [7, 11) is 0. The highest BCUT2D eigenvalue weighted by Gasteiger charge is 2.31. The summed E-state index contributed by atoms with van der Waals surface area (Å²) >= 11 is 0. The molecular weight excluding hydrogens is 452 g/mol. The number of benzene rings is 4. The van der Waals surface area contributed by atoms with E-state index in [0.717, 1.165) is 16.7 Å². The number of non-ortho nitro benzene ring substituents is 1. The van der Waals surface area contributed by atoms with Crippen molar-refractivity contribution in [3.8, 4) is 11.1 Å². The third-order valence-electron chi connectivity index (χ3n) is 6.22. The highest BCUT2D eigenvalue weighted by atomic mass is 16.6. The van der Waals surface area contributed by atoms with Crippen LogP contribution in [0.1, 0.15) is 34.6 Å². The molecule has 0 unspecified atom stereocenters. The largest absolute Gasteiger partial charge is 0.461 e. The van der Waals surface area contributed by atoms with Crippen molar-refractivity contribution in [1.29, 1.82) is 0 Å². The minimum absolute atomic E-state index is 0.0387. The second-order valence-corrected chi connectivity index (χ2v) is 8.36. The molecule has 0 fully saturated rings. The Morgan fingerprint density at radius 2 is 1.42 bits per heavy atom. The van der Waals surface area contributed by atoms with Gasteiger partial charge < -0.3 is 9.30 Å². The number of aromatic nitrogens is 1. The lowest BCUT2D eigenvalue weighted by Gasteiger charge is -2.24. The zero-order valence-electron chi connectivity index (χ0n) is 19.7. The first-order valence-electron chi connectivity index (χ1n) is 11.7. The SMILES string of the molecule is CCOC(=O)c1c(-c2ccccc2)c2cc([N+](=O)[O-])ccc2n1C(c1ccccc1)c1ccccc1. The van der Waals surface area contributed by atoms with Gasteiger partial charge in [0.15, 0.2) is 0 Å². The van der Waals surface area contributed by atoms with E-state index in [1.165, 1.54) is 6.07 Å². The van der Waals surface area contributed by atoms with Crippen LogP contribution in [0.4, 0.5) is 5.69 Å². The highest BCUT2D eigenvalue weighted by molar-refractivity contribution is 6.09. The monoisotopic (exact) mass is 476 g/mol. The minimum Gasteiger partial charge on any atom is -0.461 e. The summed E-state index contributed by atoms with van der Waals surface area (Å²) in [6, 6.07) is 33.7. The molecular formula is C30H24N2O4. The number of carbonyl (C=O) groups is 1. The van der Waals surface area contributed by atoms with Crippen LogP contribution in [0.3, 0.4) is 0 Å². The number of fused-ring (bicyclic) bond motifs is 1.